The minimum absolute atomic E-state index is 0.0570. The van der Waals surface area contributed by atoms with Gasteiger partial charge < -0.3 is 14.8 Å². The molecule has 0 radical (unpaired) electrons. The predicted octanol–water partition coefficient (Wildman–Crippen LogP) is 4.42. The molecule has 0 saturated heterocycles. The Kier molecular flexibility index (Phi) is 5.96. The van der Waals surface area contributed by atoms with Crippen molar-refractivity contribution in [3.8, 4) is 5.75 Å². The van der Waals surface area contributed by atoms with E-state index in [1.807, 2.05) is 38.1 Å². The molecule has 1 aromatic carbocycles. The van der Waals surface area contributed by atoms with Crippen molar-refractivity contribution in [1.29, 1.82) is 0 Å². The van der Waals surface area contributed by atoms with Gasteiger partial charge in [0.15, 0.2) is 5.78 Å². The fourth-order valence-corrected chi connectivity index (χ4v) is 4.24. The lowest BCUT2D eigenvalue weighted by Gasteiger charge is -2.39. The summed E-state index contributed by atoms with van der Waals surface area (Å²) in [5, 5.41) is 3.33. The number of dihydropyridines is 1. The van der Waals surface area contributed by atoms with E-state index in [0.717, 1.165) is 17.7 Å². The summed E-state index contributed by atoms with van der Waals surface area (Å²) in [7, 11) is 0. The lowest BCUT2D eigenvalue weighted by Crippen LogP contribution is -2.38. The van der Waals surface area contributed by atoms with Gasteiger partial charge in [-0.2, -0.15) is 0 Å². The molecule has 2 aliphatic rings. The van der Waals surface area contributed by atoms with Crippen LogP contribution in [-0.4, -0.2) is 25.0 Å². The topological polar surface area (TPSA) is 64.6 Å². The standard InChI is InChI=1S/C24H29NO4/c1-6-12-29-23(27)20-15(3)25-17-13-24(4,5)14-18(26)22(17)21(20)16-10-8-9-11-19(16)28-7-2/h6,8-11,21,25H,1,7,12-14H2,2-5H3. The highest BCUT2D eigenvalue weighted by molar-refractivity contribution is 6.04. The Morgan fingerprint density at radius 1 is 1.31 bits per heavy atom. The van der Waals surface area contributed by atoms with Gasteiger partial charge in [-0.05, 0) is 31.7 Å². The van der Waals surface area contributed by atoms with Gasteiger partial charge in [0.25, 0.3) is 0 Å². The highest BCUT2D eigenvalue weighted by atomic mass is 16.5. The van der Waals surface area contributed by atoms with Gasteiger partial charge in [0, 0.05) is 29.0 Å². The lowest BCUT2D eigenvalue weighted by atomic mass is 9.68. The normalized spacial score (nSPS) is 20.7. The van der Waals surface area contributed by atoms with Crippen molar-refractivity contribution < 1.29 is 19.1 Å². The monoisotopic (exact) mass is 395 g/mol. The van der Waals surface area contributed by atoms with Gasteiger partial charge in [0.05, 0.1) is 18.1 Å². The third kappa shape index (κ3) is 4.14. The number of para-hydroxylation sites is 1. The van der Waals surface area contributed by atoms with Crippen molar-refractivity contribution in [3.63, 3.8) is 0 Å². The molecule has 1 unspecified atom stereocenters. The van der Waals surface area contributed by atoms with E-state index in [2.05, 4.69) is 25.7 Å². The Labute approximate surface area is 172 Å². The molecular weight excluding hydrogens is 366 g/mol. The Balaban J connectivity index is 2.19. The Morgan fingerprint density at radius 3 is 2.72 bits per heavy atom. The number of carbonyl (C=O) groups is 2. The van der Waals surface area contributed by atoms with Crippen LogP contribution in [0.5, 0.6) is 5.75 Å². The summed E-state index contributed by atoms with van der Waals surface area (Å²) >= 11 is 0. The maximum Gasteiger partial charge on any atom is 0.337 e. The number of rotatable bonds is 6. The maximum absolute atomic E-state index is 13.3. The number of ketones is 1. The fraction of sp³-hybridized carbons (Fsp3) is 0.417. The smallest absolute Gasteiger partial charge is 0.337 e. The summed E-state index contributed by atoms with van der Waals surface area (Å²) in [6.07, 6.45) is 2.72. The van der Waals surface area contributed by atoms with E-state index in [9.17, 15) is 9.59 Å². The predicted molar refractivity (Wildman–Crippen MR) is 112 cm³/mol. The molecule has 5 heteroatoms. The van der Waals surface area contributed by atoms with Gasteiger partial charge in [-0.1, -0.05) is 44.7 Å². The largest absolute Gasteiger partial charge is 0.494 e. The first-order valence-electron chi connectivity index (χ1n) is 10.0. The third-order valence-electron chi connectivity index (χ3n) is 5.32. The second-order valence-electron chi connectivity index (χ2n) is 8.29. The van der Waals surface area contributed by atoms with E-state index < -0.39 is 11.9 Å². The van der Waals surface area contributed by atoms with E-state index in [1.165, 1.54) is 6.08 Å². The molecule has 1 N–H and O–H groups in total. The molecule has 1 aliphatic heterocycles. The van der Waals surface area contributed by atoms with Gasteiger partial charge in [0.1, 0.15) is 12.4 Å². The van der Waals surface area contributed by atoms with Crippen LogP contribution in [0.2, 0.25) is 0 Å². The van der Waals surface area contributed by atoms with Crippen LogP contribution in [0.1, 0.15) is 52.0 Å². The lowest BCUT2D eigenvalue weighted by molar-refractivity contribution is -0.138. The van der Waals surface area contributed by atoms with Crippen LogP contribution in [0.25, 0.3) is 0 Å². The van der Waals surface area contributed by atoms with Crippen molar-refractivity contribution in [2.45, 2.75) is 46.5 Å². The van der Waals surface area contributed by atoms with Crippen LogP contribution < -0.4 is 10.1 Å². The average Bonchev–Trinajstić information content (AvgIpc) is 2.64. The van der Waals surface area contributed by atoms with Crippen LogP contribution >= 0.6 is 0 Å². The van der Waals surface area contributed by atoms with Gasteiger partial charge in [0.2, 0.25) is 0 Å². The summed E-state index contributed by atoms with van der Waals surface area (Å²) in [5.41, 5.74) is 3.37. The van der Waals surface area contributed by atoms with Crippen LogP contribution in [0.15, 0.2) is 59.5 Å². The quantitative estimate of drug-likeness (QED) is 0.571. The number of hydrogen-bond acceptors (Lipinski definition) is 5. The number of nitrogens with one attached hydrogen (secondary N) is 1. The van der Waals surface area contributed by atoms with Gasteiger partial charge in [-0.15, -0.1) is 0 Å². The number of carbonyl (C=O) groups excluding carboxylic acids is 2. The molecule has 154 valence electrons. The Bertz CT molecular complexity index is 907. The van der Waals surface area contributed by atoms with Gasteiger partial charge in [-0.3, -0.25) is 4.79 Å². The molecule has 1 aliphatic carbocycles. The van der Waals surface area contributed by atoms with Crippen molar-refractivity contribution in [2.24, 2.45) is 5.41 Å². The van der Waals surface area contributed by atoms with Gasteiger partial charge >= 0.3 is 5.97 Å². The van der Waals surface area contributed by atoms with Crippen LogP contribution in [-0.2, 0) is 14.3 Å². The number of allylic oxidation sites excluding steroid dienone is 3. The zero-order valence-electron chi connectivity index (χ0n) is 17.6. The number of hydrogen-bond donors (Lipinski definition) is 1. The molecule has 0 fully saturated rings. The van der Waals surface area contributed by atoms with Gasteiger partial charge in [-0.25, -0.2) is 4.79 Å². The third-order valence-corrected chi connectivity index (χ3v) is 5.32. The first-order chi connectivity index (χ1) is 13.8. The van der Waals surface area contributed by atoms with Crippen molar-refractivity contribution in [3.05, 3.63) is 65.0 Å². The molecule has 0 amide bonds. The first-order valence-corrected chi connectivity index (χ1v) is 10.0. The number of benzene rings is 1. The maximum atomic E-state index is 13.3. The zero-order chi connectivity index (χ0) is 21.2. The Hall–Kier alpha value is -2.82. The number of esters is 1. The first kappa shape index (κ1) is 20.9. The van der Waals surface area contributed by atoms with Crippen molar-refractivity contribution in [1.82, 2.24) is 5.32 Å². The van der Waals surface area contributed by atoms with E-state index in [1.54, 1.807) is 0 Å². The average molecular weight is 395 g/mol. The van der Waals surface area contributed by atoms with Crippen LogP contribution in [0.4, 0.5) is 0 Å². The van der Waals surface area contributed by atoms with E-state index >= 15 is 0 Å². The molecule has 0 bridgehead atoms. The molecule has 5 nitrogen and oxygen atoms in total. The summed E-state index contributed by atoms with van der Waals surface area (Å²) < 4.78 is 11.2. The molecule has 3 rings (SSSR count). The fourth-order valence-electron chi connectivity index (χ4n) is 4.24. The molecule has 1 heterocycles. The molecule has 29 heavy (non-hydrogen) atoms. The summed E-state index contributed by atoms with van der Waals surface area (Å²) in [4.78, 5) is 26.2. The van der Waals surface area contributed by atoms with Crippen molar-refractivity contribution in [2.75, 3.05) is 13.2 Å². The minimum Gasteiger partial charge on any atom is -0.494 e. The molecular formula is C24H29NO4. The summed E-state index contributed by atoms with van der Waals surface area (Å²) in [5.74, 6) is -0.236. The molecule has 0 spiro atoms. The SMILES string of the molecule is C=CCOC(=O)C1=C(C)NC2=C(C(=O)CC(C)(C)C2)C1c1ccccc1OCC. The molecule has 0 aromatic heterocycles. The second kappa shape index (κ2) is 8.27. The number of ether oxygens (including phenoxy) is 2. The van der Waals surface area contributed by atoms with E-state index in [-0.39, 0.29) is 17.8 Å². The number of Topliss-reactive ketones (excluding diaryl/α,β-unsaturated/α-hetero) is 1. The van der Waals surface area contributed by atoms with E-state index in [4.69, 9.17) is 9.47 Å². The van der Waals surface area contributed by atoms with Crippen LogP contribution in [0, 0.1) is 5.41 Å². The minimum atomic E-state index is -0.519. The highest BCUT2D eigenvalue weighted by Crippen LogP contribution is 2.48. The summed E-state index contributed by atoms with van der Waals surface area (Å²) in [6, 6.07) is 7.59. The molecule has 1 aromatic rings. The zero-order valence-corrected chi connectivity index (χ0v) is 17.6. The van der Waals surface area contributed by atoms with E-state index in [0.29, 0.717) is 35.6 Å². The highest BCUT2D eigenvalue weighted by Gasteiger charge is 2.43. The van der Waals surface area contributed by atoms with Crippen molar-refractivity contribution >= 4 is 11.8 Å². The Morgan fingerprint density at radius 2 is 2.03 bits per heavy atom. The molecule has 1 atom stereocenters. The summed E-state index contributed by atoms with van der Waals surface area (Å²) in [6.45, 7) is 12.2. The molecule has 0 saturated carbocycles. The van der Waals surface area contributed by atoms with Crippen LogP contribution in [0.3, 0.4) is 0 Å². The second-order valence-corrected chi connectivity index (χ2v) is 8.29.